The molecule has 3 rings (SSSR count). The van der Waals surface area contributed by atoms with Crippen molar-refractivity contribution in [1.82, 2.24) is 19.5 Å². The molecule has 0 unspecified atom stereocenters. The van der Waals surface area contributed by atoms with Gasteiger partial charge in [0.2, 0.25) is 5.95 Å². The number of anilines is 1. The smallest absolute Gasteiger partial charge is 0.318 e. The number of ether oxygens (including phenoxy) is 1. The van der Waals surface area contributed by atoms with Gasteiger partial charge in [0.25, 0.3) is 5.56 Å². The summed E-state index contributed by atoms with van der Waals surface area (Å²) in [5.74, 6) is -0.383. The van der Waals surface area contributed by atoms with Gasteiger partial charge in [0.05, 0.1) is 6.61 Å². The van der Waals surface area contributed by atoms with Crippen LogP contribution in [0.3, 0.4) is 0 Å². The van der Waals surface area contributed by atoms with Crippen molar-refractivity contribution in [2.75, 3.05) is 12.3 Å². The summed E-state index contributed by atoms with van der Waals surface area (Å²) in [5, 5.41) is 26.3. The molecule has 13 nitrogen and oxygen atoms in total. The molecule has 2 aromatic rings. The van der Waals surface area contributed by atoms with E-state index < -0.39 is 51.3 Å². The normalized spacial score (nSPS) is 30.9. The second-order valence-corrected chi connectivity index (χ2v) is 6.65. The molecular weight excluding hydrogens is 350 g/mol. The van der Waals surface area contributed by atoms with Crippen LogP contribution < -0.4 is 11.3 Å². The summed E-state index contributed by atoms with van der Waals surface area (Å²) in [7, 11) is -5.24. The zero-order valence-corrected chi connectivity index (χ0v) is 12.6. The molecule has 4 atom stereocenters. The van der Waals surface area contributed by atoms with Crippen LogP contribution >= 0.6 is 0 Å². The van der Waals surface area contributed by atoms with Crippen LogP contribution in [0.4, 0.5) is 5.95 Å². The molecule has 0 bridgehead atoms. The minimum atomic E-state index is -5.24. The largest absolute Gasteiger partial charge is 0.394 e. The number of fused-ring (bicyclic) bond motifs is 1. The maximum absolute atomic E-state index is 12.0. The van der Waals surface area contributed by atoms with Gasteiger partial charge in [0, 0.05) is 0 Å². The zero-order chi connectivity index (χ0) is 17.9. The highest BCUT2D eigenvalue weighted by atomic mass is 32.2. The summed E-state index contributed by atoms with van der Waals surface area (Å²) in [6, 6.07) is 0. The van der Waals surface area contributed by atoms with Crippen LogP contribution in [0.2, 0.25) is 0 Å². The average Bonchev–Trinajstić information content (AvgIpc) is 3.00. The summed E-state index contributed by atoms with van der Waals surface area (Å²) in [6.45, 7) is -0.849. The van der Waals surface area contributed by atoms with E-state index in [1.807, 2.05) is 0 Å². The molecule has 1 saturated heterocycles. The van der Waals surface area contributed by atoms with E-state index in [0.717, 1.165) is 6.33 Å². The summed E-state index contributed by atoms with van der Waals surface area (Å²) >= 11 is 0. The van der Waals surface area contributed by atoms with E-state index in [1.165, 1.54) is 0 Å². The lowest BCUT2D eigenvalue weighted by atomic mass is 10.1. The molecule has 0 aromatic carbocycles. The average molecular weight is 363 g/mol. The SMILES string of the molecule is Nc1nc2c(ncn2[C@]2(S(=O)(=O)O)O[C@H](CO)[C@@H](O)[C@H]2O)c(=O)[nH]1. The van der Waals surface area contributed by atoms with Gasteiger partial charge in [-0.25, -0.2) is 4.98 Å². The molecule has 1 aliphatic rings. The number of aliphatic hydroxyl groups excluding tert-OH is 3. The van der Waals surface area contributed by atoms with Gasteiger partial charge in [-0.15, -0.1) is 0 Å². The lowest BCUT2D eigenvalue weighted by Gasteiger charge is -2.29. The van der Waals surface area contributed by atoms with E-state index in [2.05, 4.69) is 15.0 Å². The molecule has 3 heterocycles. The minimum Gasteiger partial charge on any atom is -0.394 e. The van der Waals surface area contributed by atoms with Crippen LogP contribution in [0.1, 0.15) is 0 Å². The van der Waals surface area contributed by atoms with Gasteiger partial charge in [-0.2, -0.15) is 13.4 Å². The highest BCUT2D eigenvalue weighted by molar-refractivity contribution is 7.86. The molecule has 1 fully saturated rings. The van der Waals surface area contributed by atoms with Crippen LogP contribution in [0.15, 0.2) is 11.1 Å². The van der Waals surface area contributed by atoms with Crippen molar-refractivity contribution in [2.24, 2.45) is 0 Å². The Hall–Kier alpha value is -2.10. The van der Waals surface area contributed by atoms with E-state index >= 15 is 0 Å². The fraction of sp³-hybridized carbons (Fsp3) is 0.500. The molecule has 7 N–H and O–H groups in total. The van der Waals surface area contributed by atoms with E-state index in [0.29, 0.717) is 4.57 Å². The van der Waals surface area contributed by atoms with Gasteiger partial charge in [-0.1, -0.05) is 0 Å². The predicted molar refractivity (Wildman–Crippen MR) is 76.1 cm³/mol. The highest BCUT2D eigenvalue weighted by Gasteiger charge is 2.64. The number of hydrogen-bond acceptors (Lipinski definition) is 10. The lowest BCUT2D eigenvalue weighted by molar-refractivity contribution is -0.0887. The molecule has 0 aliphatic carbocycles. The third-order valence-electron chi connectivity index (χ3n) is 3.71. The summed E-state index contributed by atoms with van der Waals surface area (Å²) in [5.41, 5.74) is 3.85. The van der Waals surface area contributed by atoms with Crippen molar-refractivity contribution in [2.45, 2.75) is 23.4 Å². The Morgan fingerprint density at radius 2 is 2.12 bits per heavy atom. The highest BCUT2D eigenvalue weighted by Crippen LogP contribution is 2.40. The van der Waals surface area contributed by atoms with Crippen LogP contribution in [0, 0.1) is 0 Å². The van der Waals surface area contributed by atoms with Gasteiger partial charge in [0.1, 0.15) is 24.6 Å². The number of nitrogens with two attached hydrogens (primary N) is 1. The lowest BCUT2D eigenvalue weighted by Crippen LogP contribution is -2.51. The zero-order valence-electron chi connectivity index (χ0n) is 11.8. The summed E-state index contributed by atoms with van der Waals surface area (Å²) in [4.78, 5) is 21.3. The molecule has 0 spiro atoms. The quantitative estimate of drug-likeness (QED) is 0.292. The Bertz CT molecular complexity index is 954. The van der Waals surface area contributed by atoms with E-state index in [1.54, 1.807) is 0 Å². The first-order chi connectivity index (χ1) is 11.1. The topological polar surface area (TPSA) is 214 Å². The molecule has 14 heteroatoms. The van der Waals surface area contributed by atoms with Crippen molar-refractivity contribution in [3.05, 3.63) is 16.7 Å². The number of rotatable bonds is 3. The minimum absolute atomic E-state index is 0.343. The maximum atomic E-state index is 12.0. The summed E-state index contributed by atoms with van der Waals surface area (Å²) < 4.78 is 39.2. The predicted octanol–water partition coefficient (Wildman–Crippen LogP) is -3.69. The number of H-pyrrole nitrogens is 1. The first-order valence-corrected chi connectivity index (χ1v) is 7.92. The number of aromatic nitrogens is 4. The van der Waals surface area contributed by atoms with E-state index in [9.17, 15) is 28.0 Å². The molecule has 1 aliphatic heterocycles. The van der Waals surface area contributed by atoms with Crippen LogP contribution in [0.5, 0.6) is 0 Å². The monoisotopic (exact) mass is 363 g/mol. The van der Waals surface area contributed by atoms with Crippen molar-refractivity contribution < 1.29 is 33.0 Å². The molecule has 24 heavy (non-hydrogen) atoms. The Balaban J connectivity index is 2.37. The molecular formula is C10H13N5O8S. The van der Waals surface area contributed by atoms with Crippen LogP contribution in [-0.2, 0) is 19.9 Å². The van der Waals surface area contributed by atoms with Crippen molar-refractivity contribution in [3.8, 4) is 0 Å². The fourth-order valence-corrected chi connectivity index (χ4v) is 3.68. The number of nitrogens with zero attached hydrogens (tertiary/aromatic N) is 3. The third kappa shape index (κ3) is 2.05. The summed E-state index contributed by atoms with van der Waals surface area (Å²) in [6.07, 6.45) is -4.83. The number of hydrogen-bond donors (Lipinski definition) is 6. The third-order valence-corrected chi connectivity index (χ3v) is 4.98. The first kappa shape index (κ1) is 16.7. The van der Waals surface area contributed by atoms with E-state index in [4.69, 9.17) is 15.6 Å². The van der Waals surface area contributed by atoms with Crippen molar-refractivity contribution in [3.63, 3.8) is 0 Å². The number of aliphatic hydroxyl groups is 3. The first-order valence-electron chi connectivity index (χ1n) is 6.48. The Morgan fingerprint density at radius 3 is 2.67 bits per heavy atom. The van der Waals surface area contributed by atoms with Gasteiger partial charge in [-0.3, -0.25) is 18.9 Å². The fourth-order valence-electron chi connectivity index (χ4n) is 2.61. The maximum Gasteiger partial charge on any atom is 0.318 e. The molecule has 0 radical (unpaired) electrons. The standard InChI is InChI=1S/C10H13N5O8S/c11-9-13-7-4(8(19)14-9)12-2-15(7)10(24(20,21)22)6(18)5(17)3(1-16)23-10/h2-3,5-6,16-18H,1H2,(H,20,21,22)(H3,11,13,14,19)/t3-,5-,6-,10+/m1/s1. The van der Waals surface area contributed by atoms with E-state index in [-0.39, 0.29) is 11.5 Å². The van der Waals surface area contributed by atoms with Crippen LogP contribution in [0.25, 0.3) is 11.2 Å². The number of nitrogen functional groups attached to an aromatic ring is 1. The van der Waals surface area contributed by atoms with Gasteiger partial charge >= 0.3 is 15.2 Å². The Labute approximate surface area is 133 Å². The van der Waals surface area contributed by atoms with Crippen molar-refractivity contribution in [1.29, 1.82) is 0 Å². The second-order valence-electron chi connectivity index (χ2n) is 5.12. The second kappa shape index (κ2) is 5.20. The van der Waals surface area contributed by atoms with Crippen LogP contribution in [-0.4, -0.2) is 72.7 Å². The molecule has 2 aromatic heterocycles. The number of aromatic amines is 1. The number of imidazole rings is 1. The molecule has 132 valence electrons. The van der Waals surface area contributed by atoms with Gasteiger partial charge < -0.3 is 25.8 Å². The number of nitrogens with one attached hydrogen (secondary N) is 1. The Kier molecular flexibility index (Phi) is 3.63. The van der Waals surface area contributed by atoms with Crippen molar-refractivity contribution >= 4 is 27.2 Å². The molecule has 0 saturated carbocycles. The van der Waals surface area contributed by atoms with Gasteiger partial charge in [-0.05, 0) is 0 Å². The Morgan fingerprint density at radius 1 is 1.46 bits per heavy atom. The van der Waals surface area contributed by atoms with Gasteiger partial charge in [0.15, 0.2) is 11.2 Å². The molecule has 0 amide bonds.